The summed E-state index contributed by atoms with van der Waals surface area (Å²) in [7, 11) is -3.57. The molecule has 0 atom stereocenters. The molecule has 0 saturated carbocycles. The van der Waals surface area contributed by atoms with Gasteiger partial charge in [0.2, 0.25) is 15.9 Å². The Morgan fingerprint density at radius 3 is 2.57 bits per heavy atom. The summed E-state index contributed by atoms with van der Waals surface area (Å²) in [5.41, 5.74) is 1.63. The van der Waals surface area contributed by atoms with Crippen molar-refractivity contribution in [3.8, 4) is 5.88 Å². The summed E-state index contributed by atoms with van der Waals surface area (Å²) in [6.07, 6.45) is 3.59. The maximum absolute atomic E-state index is 12.5. The van der Waals surface area contributed by atoms with Crippen LogP contribution in [0, 0.1) is 20.8 Å². The number of nitrogens with zero attached hydrogens (tertiary/aromatic N) is 3. The van der Waals surface area contributed by atoms with E-state index < -0.39 is 10.0 Å². The molecule has 1 N–H and O–H groups in total. The van der Waals surface area contributed by atoms with E-state index in [1.54, 1.807) is 13.0 Å². The van der Waals surface area contributed by atoms with Crippen LogP contribution in [-0.4, -0.2) is 44.6 Å². The van der Waals surface area contributed by atoms with Gasteiger partial charge in [0.1, 0.15) is 18.2 Å². The van der Waals surface area contributed by atoms with Crippen LogP contribution in [0.3, 0.4) is 0 Å². The van der Waals surface area contributed by atoms with Gasteiger partial charge in [-0.05, 0) is 57.2 Å². The van der Waals surface area contributed by atoms with E-state index in [4.69, 9.17) is 4.74 Å². The summed E-state index contributed by atoms with van der Waals surface area (Å²) in [5, 5.41) is 0. The highest BCUT2D eigenvalue weighted by Gasteiger charge is 2.17. The molecule has 8 heteroatoms. The number of ether oxygens (including phenoxy) is 1. The van der Waals surface area contributed by atoms with Crippen molar-refractivity contribution in [3.63, 3.8) is 0 Å². The Hall–Kier alpha value is -2.19. The van der Waals surface area contributed by atoms with E-state index >= 15 is 0 Å². The van der Waals surface area contributed by atoms with E-state index in [0.717, 1.165) is 30.0 Å². The topological polar surface area (TPSA) is 84.4 Å². The monoisotopic (exact) mass is 404 g/mol. The van der Waals surface area contributed by atoms with Gasteiger partial charge in [-0.25, -0.2) is 18.1 Å². The Balaban J connectivity index is 1.59. The molecule has 1 saturated heterocycles. The molecule has 0 aliphatic carbocycles. The number of nitrogens with one attached hydrogen (secondary N) is 1. The molecule has 7 nitrogen and oxygen atoms in total. The van der Waals surface area contributed by atoms with Gasteiger partial charge in [0.25, 0.3) is 0 Å². The predicted octanol–water partition coefficient (Wildman–Crippen LogP) is 2.75. The fourth-order valence-corrected chi connectivity index (χ4v) is 4.63. The lowest BCUT2D eigenvalue weighted by molar-refractivity contribution is 0.309. The minimum atomic E-state index is -3.57. The molecule has 0 unspecified atom stereocenters. The van der Waals surface area contributed by atoms with Crippen LogP contribution in [0.15, 0.2) is 29.2 Å². The number of aryl methyl sites for hydroxylation is 3. The maximum atomic E-state index is 12.5. The number of hydrogen-bond donors (Lipinski definition) is 1. The summed E-state index contributed by atoms with van der Waals surface area (Å²) in [6.45, 7) is 7.84. The molecule has 1 aliphatic heterocycles. The average molecular weight is 405 g/mol. The normalized spacial score (nSPS) is 14.9. The van der Waals surface area contributed by atoms with Gasteiger partial charge < -0.3 is 9.64 Å². The quantitative estimate of drug-likeness (QED) is 0.715. The number of hydrogen-bond acceptors (Lipinski definition) is 6. The van der Waals surface area contributed by atoms with Gasteiger partial charge in [0.05, 0.1) is 4.90 Å². The van der Waals surface area contributed by atoms with Crippen molar-refractivity contribution in [2.75, 3.05) is 31.1 Å². The molecule has 1 aromatic heterocycles. The van der Waals surface area contributed by atoms with Gasteiger partial charge in [-0.2, -0.15) is 4.98 Å². The highest BCUT2D eigenvalue weighted by Crippen LogP contribution is 2.21. The van der Waals surface area contributed by atoms with Crippen LogP contribution < -0.4 is 14.4 Å². The first kappa shape index (κ1) is 20.5. The van der Waals surface area contributed by atoms with Crippen molar-refractivity contribution in [2.45, 2.75) is 44.9 Å². The molecular formula is C20H28N4O3S. The third-order valence-corrected chi connectivity index (χ3v) is 6.36. The molecule has 0 radical (unpaired) electrons. The van der Waals surface area contributed by atoms with Gasteiger partial charge in [0, 0.05) is 25.7 Å². The van der Waals surface area contributed by atoms with Crippen molar-refractivity contribution in [1.29, 1.82) is 0 Å². The molecule has 1 aliphatic rings. The standard InChI is InChI=1S/C20H28N4O3S/c1-15-7-8-16(2)18(13-15)28(25,26)21-9-12-27-20-14-19(22-17(3)23-20)24-10-5-4-6-11-24/h7-8,13-14,21H,4-6,9-12H2,1-3H3. The van der Waals surface area contributed by atoms with Crippen LogP contribution in [0.2, 0.25) is 0 Å². The molecule has 0 spiro atoms. The Bertz CT molecular complexity index is 925. The van der Waals surface area contributed by atoms with Gasteiger partial charge in [-0.15, -0.1) is 0 Å². The third kappa shape index (κ3) is 5.20. The minimum absolute atomic E-state index is 0.164. The van der Waals surface area contributed by atoms with Crippen molar-refractivity contribution in [3.05, 3.63) is 41.2 Å². The van der Waals surface area contributed by atoms with Gasteiger partial charge >= 0.3 is 0 Å². The first-order chi connectivity index (χ1) is 13.3. The highest BCUT2D eigenvalue weighted by atomic mass is 32.2. The zero-order chi connectivity index (χ0) is 20.1. The fourth-order valence-electron chi connectivity index (χ4n) is 3.29. The van der Waals surface area contributed by atoms with Gasteiger partial charge in [-0.1, -0.05) is 12.1 Å². The molecule has 1 fully saturated rings. The minimum Gasteiger partial charge on any atom is -0.476 e. The lowest BCUT2D eigenvalue weighted by Gasteiger charge is -2.28. The smallest absolute Gasteiger partial charge is 0.240 e. The van der Waals surface area contributed by atoms with Crippen LogP contribution in [0.1, 0.15) is 36.2 Å². The van der Waals surface area contributed by atoms with Crippen molar-refractivity contribution in [1.82, 2.24) is 14.7 Å². The van der Waals surface area contributed by atoms with E-state index in [2.05, 4.69) is 19.6 Å². The lowest BCUT2D eigenvalue weighted by atomic mass is 10.1. The zero-order valence-electron chi connectivity index (χ0n) is 16.7. The van der Waals surface area contributed by atoms with E-state index in [-0.39, 0.29) is 13.2 Å². The summed E-state index contributed by atoms with van der Waals surface area (Å²) in [5.74, 6) is 1.99. The molecule has 3 rings (SSSR count). The number of aromatic nitrogens is 2. The first-order valence-electron chi connectivity index (χ1n) is 9.65. The number of anilines is 1. The van der Waals surface area contributed by atoms with Crippen molar-refractivity contribution in [2.24, 2.45) is 0 Å². The Morgan fingerprint density at radius 2 is 1.82 bits per heavy atom. The SMILES string of the molecule is Cc1ccc(C)c(S(=O)(=O)NCCOc2cc(N3CCCCC3)nc(C)n2)c1. The first-order valence-corrected chi connectivity index (χ1v) is 11.1. The van der Waals surface area contributed by atoms with Gasteiger partial charge in [-0.3, -0.25) is 0 Å². The van der Waals surface area contributed by atoms with Crippen molar-refractivity contribution >= 4 is 15.8 Å². The molecule has 2 heterocycles. The Labute approximate surface area is 167 Å². The van der Waals surface area contributed by atoms with Crippen LogP contribution in [0.25, 0.3) is 0 Å². The largest absolute Gasteiger partial charge is 0.476 e. The second-order valence-corrected chi connectivity index (χ2v) is 8.91. The van der Waals surface area contributed by atoms with Crippen molar-refractivity contribution < 1.29 is 13.2 Å². The second kappa shape index (κ2) is 8.87. The molecule has 28 heavy (non-hydrogen) atoms. The summed E-state index contributed by atoms with van der Waals surface area (Å²) < 4.78 is 33.4. The maximum Gasteiger partial charge on any atom is 0.240 e. The molecule has 152 valence electrons. The number of benzene rings is 1. The van der Waals surface area contributed by atoms with E-state index in [9.17, 15) is 8.42 Å². The Morgan fingerprint density at radius 1 is 1.07 bits per heavy atom. The number of sulfonamides is 1. The molecule has 2 aromatic rings. The summed E-state index contributed by atoms with van der Waals surface area (Å²) in [6, 6.07) is 7.22. The fraction of sp³-hybridized carbons (Fsp3) is 0.500. The van der Waals surface area contributed by atoms with Crippen LogP contribution in [0.4, 0.5) is 5.82 Å². The van der Waals surface area contributed by atoms with E-state index in [1.165, 1.54) is 19.3 Å². The van der Waals surface area contributed by atoms with E-state index in [0.29, 0.717) is 16.6 Å². The molecule has 0 amide bonds. The van der Waals surface area contributed by atoms with E-state index in [1.807, 2.05) is 32.0 Å². The number of piperidine rings is 1. The predicted molar refractivity (Wildman–Crippen MR) is 109 cm³/mol. The molecular weight excluding hydrogens is 376 g/mol. The Kier molecular flexibility index (Phi) is 6.51. The lowest BCUT2D eigenvalue weighted by Crippen LogP contribution is -2.30. The van der Waals surface area contributed by atoms with Gasteiger partial charge in [0.15, 0.2) is 0 Å². The average Bonchev–Trinajstić information content (AvgIpc) is 2.67. The second-order valence-electron chi connectivity index (χ2n) is 7.17. The van der Waals surface area contributed by atoms with Crippen LogP contribution in [-0.2, 0) is 10.0 Å². The summed E-state index contributed by atoms with van der Waals surface area (Å²) in [4.78, 5) is 11.4. The molecule has 1 aromatic carbocycles. The third-order valence-electron chi connectivity index (χ3n) is 4.76. The number of rotatable bonds is 7. The summed E-state index contributed by atoms with van der Waals surface area (Å²) >= 11 is 0. The highest BCUT2D eigenvalue weighted by molar-refractivity contribution is 7.89. The molecule has 0 bridgehead atoms. The van der Waals surface area contributed by atoms with Crippen LogP contribution in [0.5, 0.6) is 5.88 Å². The van der Waals surface area contributed by atoms with Crippen LogP contribution >= 0.6 is 0 Å². The zero-order valence-corrected chi connectivity index (χ0v) is 17.6.